The summed E-state index contributed by atoms with van der Waals surface area (Å²) in [4.78, 5) is 33.4. The van der Waals surface area contributed by atoms with E-state index >= 15 is 0 Å². The number of aliphatic carboxylic acids is 1. The predicted molar refractivity (Wildman–Crippen MR) is 66.5 cm³/mol. The Morgan fingerprint density at radius 1 is 1.17 bits per heavy atom. The predicted octanol–water partition coefficient (Wildman–Crippen LogP) is 0.459. The van der Waals surface area contributed by atoms with E-state index in [4.69, 9.17) is 5.11 Å². The van der Waals surface area contributed by atoms with Gasteiger partial charge >= 0.3 is 5.97 Å². The number of thiophene rings is 1. The number of nitrogens with one attached hydrogen (secondary N) is 2. The molecule has 6 nitrogen and oxygen atoms in total. The average Bonchev–Trinajstić information content (AvgIpc) is 2.85. The molecule has 0 unspecified atom stereocenters. The SMILES string of the molecule is O=C(O)CCC(=O)NCCNC(=O)c1cccs1. The number of carbonyl (C=O) groups is 3. The number of amides is 2. The van der Waals surface area contributed by atoms with Crippen molar-refractivity contribution in [2.24, 2.45) is 0 Å². The first-order chi connectivity index (χ1) is 8.59. The molecule has 0 saturated heterocycles. The van der Waals surface area contributed by atoms with Crippen molar-refractivity contribution in [1.82, 2.24) is 10.6 Å². The van der Waals surface area contributed by atoms with Gasteiger partial charge in [0.25, 0.3) is 5.91 Å². The van der Waals surface area contributed by atoms with Gasteiger partial charge in [0.1, 0.15) is 0 Å². The van der Waals surface area contributed by atoms with E-state index in [1.165, 1.54) is 11.3 Å². The minimum absolute atomic E-state index is 0.0474. The highest BCUT2D eigenvalue weighted by Crippen LogP contribution is 2.07. The maximum Gasteiger partial charge on any atom is 0.303 e. The fourth-order valence-electron chi connectivity index (χ4n) is 1.18. The van der Waals surface area contributed by atoms with Crippen LogP contribution in [0.25, 0.3) is 0 Å². The summed E-state index contributed by atoms with van der Waals surface area (Å²) in [5, 5.41) is 15.4. The summed E-state index contributed by atoms with van der Waals surface area (Å²) in [7, 11) is 0. The number of carbonyl (C=O) groups excluding carboxylic acids is 2. The van der Waals surface area contributed by atoms with Crippen molar-refractivity contribution in [2.75, 3.05) is 13.1 Å². The summed E-state index contributed by atoms with van der Waals surface area (Å²) in [6, 6.07) is 3.50. The Kier molecular flexibility index (Phi) is 5.86. The van der Waals surface area contributed by atoms with Crippen LogP contribution in [0.1, 0.15) is 22.5 Å². The lowest BCUT2D eigenvalue weighted by Crippen LogP contribution is -2.34. The molecule has 0 fully saturated rings. The molecular weight excluding hydrogens is 256 g/mol. The fraction of sp³-hybridized carbons (Fsp3) is 0.364. The summed E-state index contributed by atoms with van der Waals surface area (Å²) in [5.74, 6) is -1.51. The summed E-state index contributed by atoms with van der Waals surface area (Å²) < 4.78 is 0. The number of rotatable bonds is 7. The number of hydrogen-bond acceptors (Lipinski definition) is 4. The Bertz CT molecular complexity index is 417. The van der Waals surface area contributed by atoms with Gasteiger partial charge in [-0.2, -0.15) is 0 Å². The lowest BCUT2D eigenvalue weighted by molar-refractivity contribution is -0.138. The van der Waals surface area contributed by atoms with Gasteiger partial charge in [0.2, 0.25) is 5.91 Å². The van der Waals surface area contributed by atoms with Crippen molar-refractivity contribution in [2.45, 2.75) is 12.8 Å². The maximum absolute atomic E-state index is 11.5. The van der Waals surface area contributed by atoms with Gasteiger partial charge in [-0.25, -0.2) is 0 Å². The molecule has 0 aliphatic rings. The molecule has 0 spiro atoms. The second-order valence-electron chi connectivity index (χ2n) is 3.48. The molecule has 0 aromatic carbocycles. The molecule has 0 saturated carbocycles. The van der Waals surface area contributed by atoms with Crippen molar-refractivity contribution in [3.8, 4) is 0 Å². The number of hydrogen-bond donors (Lipinski definition) is 3. The molecular formula is C11H14N2O4S. The van der Waals surface area contributed by atoms with Crippen molar-refractivity contribution in [3.05, 3.63) is 22.4 Å². The van der Waals surface area contributed by atoms with Gasteiger partial charge in [-0.1, -0.05) is 6.07 Å². The molecule has 18 heavy (non-hydrogen) atoms. The Morgan fingerprint density at radius 2 is 1.89 bits per heavy atom. The molecule has 1 heterocycles. The summed E-state index contributed by atoms with van der Waals surface area (Å²) in [6.45, 7) is 0.602. The van der Waals surface area contributed by atoms with Crippen LogP contribution in [-0.4, -0.2) is 36.0 Å². The van der Waals surface area contributed by atoms with Gasteiger partial charge < -0.3 is 15.7 Å². The maximum atomic E-state index is 11.5. The van der Waals surface area contributed by atoms with Crippen LogP contribution in [0.2, 0.25) is 0 Å². The molecule has 1 rings (SSSR count). The normalized spacial score (nSPS) is 9.78. The minimum atomic E-state index is -1.00. The fourth-order valence-corrected chi connectivity index (χ4v) is 1.82. The van der Waals surface area contributed by atoms with Crippen LogP contribution in [0.3, 0.4) is 0 Å². The van der Waals surface area contributed by atoms with E-state index in [-0.39, 0.29) is 31.2 Å². The molecule has 3 N–H and O–H groups in total. The van der Waals surface area contributed by atoms with Crippen molar-refractivity contribution in [3.63, 3.8) is 0 Å². The molecule has 98 valence electrons. The topological polar surface area (TPSA) is 95.5 Å². The quantitative estimate of drug-likeness (QED) is 0.627. The summed E-state index contributed by atoms with van der Waals surface area (Å²) in [5.41, 5.74) is 0. The highest BCUT2D eigenvalue weighted by Gasteiger charge is 2.06. The molecule has 0 radical (unpaired) electrons. The second-order valence-corrected chi connectivity index (χ2v) is 4.42. The molecule has 1 aromatic rings. The summed E-state index contributed by atoms with van der Waals surface area (Å²) in [6.07, 6.45) is -0.235. The monoisotopic (exact) mass is 270 g/mol. The highest BCUT2D eigenvalue weighted by molar-refractivity contribution is 7.12. The van der Waals surface area contributed by atoms with Crippen LogP contribution in [0.5, 0.6) is 0 Å². The van der Waals surface area contributed by atoms with Crippen LogP contribution >= 0.6 is 11.3 Å². The molecule has 7 heteroatoms. The zero-order chi connectivity index (χ0) is 13.4. The Hall–Kier alpha value is -1.89. The van der Waals surface area contributed by atoms with Crippen LogP contribution < -0.4 is 10.6 Å². The van der Waals surface area contributed by atoms with Crippen LogP contribution in [0.15, 0.2) is 17.5 Å². The Labute approximate surface area is 108 Å². The van der Waals surface area contributed by atoms with E-state index in [1.807, 2.05) is 5.38 Å². The first-order valence-corrected chi connectivity index (χ1v) is 6.28. The third kappa shape index (κ3) is 5.44. The van der Waals surface area contributed by atoms with Gasteiger partial charge in [0.15, 0.2) is 0 Å². The third-order valence-corrected chi connectivity index (χ3v) is 2.91. The van der Waals surface area contributed by atoms with Crippen LogP contribution in [0.4, 0.5) is 0 Å². The number of carboxylic acid groups (broad SMARTS) is 1. The second kappa shape index (κ2) is 7.44. The lowest BCUT2D eigenvalue weighted by atomic mass is 10.3. The van der Waals surface area contributed by atoms with Gasteiger partial charge in [0.05, 0.1) is 11.3 Å². The van der Waals surface area contributed by atoms with E-state index in [1.54, 1.807) is 12.1 Å². The largest absolute Gasteiger partial charge is 0.481 e. The van der Waals surface area contributed by atoms with Crippen LogP contribution in [0, 0.1) is 0 Å². The summed E-state index contributed by atoms with van der Waals surface area (Å²) >= 11 is 1.34. The Balaban J connectivity index is 2.10. The molecule has 2 amide bonds. The smallest absolute Gasteiger partial charge is 0.303 e. The molecule has 0 bridgehead atoms. The molecule has 0 aliphatic heterocycles. The number of carboxylic acids is 1. The third-order valence-electron chi connectivity index (χ3n) is 2.04. The van der Waals surface area contributed by atoms with Crippen molar-refractivity contribution >= 4 is 29.1 Å². The van der Waals surface area contributed by atoms with E-state index in [2.05, 4.69) is 10.6 Å². The molecule has 0 aliphatic carbocycles. The van der Waals surface area contributed by atoms with Crippen molar-refractivity contribution < 1.29 is 19.5 Å². The van der Waals surface area contributed by atoms with Gasteiger partial charge in [-0.05, 0) is 11.4 Å². The Morgan fingerprint density at radius 3 is 2.50 bits per heavy atom. The molecule has 1 aromatic heterocycles. The standard InChI is InChI=1S/C11H14N2O4S/c14-9(3-4-10(15)16)12-5-6-13-11(17)8-2-1-7-18-8/h1-2,7H,3-6H2,(H,12,14)(H,13,17)(H,15,16). The van der Waals surface area contributed by atoms with E-state index in [0.29, 0.717) is 11.4 Å². The molecule has 0 atom stereocenters. The van der Waals surface area contributed by atoms with E-state index < -0.39 is 5.97 Å². The van der Waals surface area contributed by atoms with Crippen molar-refractivity contribution in [1.29, 1.82) is 0 Å². The van der Waals surface area contributed by atoms with Gasteiger partial charge in [-0.3, -0.25) is 14.4 Å². The minimum Gasteiger partial charge on any atom is -0.481 e. The average molecular weight is 270 g/mol. The lowest BCUT2D eigenvalue weighted by Gasteiger charge is -2.05. The van der Waals surface area contributed by atoms with Gasteiger partial charge in [-0.15, -0.1) is 11.3 Å². The zero-order valence-electron chi connectivity index (χ0n) is 9.64. The first-order valence-electron chi connectivity index (χ1n) is 5.40. The van der Waals surface area contributed by atoms with Crippen LogP contribution in [-0.2, 0) is 9.59 Å². The first kappa shape index (κ1) is 14.2. The van der Waals surface area contributed by atoms with Gasteiger partial charge in [0, 0.05) is 19.5 Å². The van der Waals surface area contributed by atoms with E-state index in [0.717, 1.165) is 0 Å². The van der Waals surface area contributed by atoms with E-state index in [9.17, 15) is 14.4 Å². The highest BCUT2D eigenvalue weighted by atomic mass is 32.1. The zero-order valence-corrected chi connectivity index (χ0v) is 10.5.